The van der Waals surface area contributed by atoms with E-state index in [1.165, 1.54) is 0 Å². The van der Waals surface area contributed by atoms with Crippen LogP contribution >= 0.6 is 0 Å². The van der Waals surface area contributed by atoms with Gasteiger partial charge in [0.2, 0.25) is 0 Å². The fraction of sp³-hybridized carbons (Fsp3) is 0.176. The monoisotopic (exact) mass is 246 g/mol. The van der Waals surface area contributed by atoms with E-state index in [2.05, 4.69) is 41.6 Å². The number of anilines is 2. The molecule has 1 aromatic carbocycles. The summed E-state index contributed by atoms with van der Waals surface area (Å²) < 4.78 is 0. The van der Waals surface area contributed by atoms with Gasteiger partial charge < -0.3 is 10.6 Å². The van der Waals surface area contributed by atoms with E-state index >= 15 is 0 Å². The molecule has 0 fully saturated rings. The molecule has 0 saturated heterocycles. The second-order valence-corrected chi connectivity index (χ2v) is 3.67. The molecule has 0 aromatic heterocycles. The van der Waals surface area contributed by atoms with Crippen molar-refractivity contribution in [1.29, 1.82) is 0 Å². The number of aryl methyl sites for hydroxylation is 1. The first-order valence-electron chi connectivity index (χ1n) is 5.79. The summed E-state index contributed by atoms with van der Waals surface area (Å²) in [6.07, 6.45) is 4.97. The van der Waals surface area contributed by atoms with E-state index < -0.39 is 0 Å². The van der Waals surface area contributed by atoms with Gasteiger partial charge in [-0.3, -0.25) is 0 Å². The van der Waals surface area contributed by atoms with Crippen LogP contribution in [0.5, 0.6) is 0 Å². The Bertz CT molecular complexity index is 674. The molecule has 0 bridgehead atoms. The Hall–Kier alpha value is -2.94. The van der Waals surface area contributed by atoms with E-state index in [1.54, 1.807) is 0 Å². The number of hydrogen-bond acceptors (Lipinski definition) is 2. The quantitative estimate of drug-likeness (QED) is 0.491. The summed E-state index contributed by atoms with van der Waals surface area (Å²) in [5.41, 5.74) is 8.59. The average Bonchev–Trinajstić information content (AvgIpc) is 2.41. The van der Waals surface area contributed by atoms with Gasteiger partial charge in [-0.05, 0) is 55.4 Å². The van der Waals surface area contributed by atoms with Gasteiger partial charge >= 0.3 is 0 Å². The molecule has 92 valence electrons. The molecule has 0 spiro atoms. The van der Waals surface area contributed by atoms with Crippen molar-refractivity contribution in [2.75, 3.05) is 17.2 Å². The molecule has 0 saturated carbocycles. The lowest BCUT2D eigenvalue weighted by atomic mass is 10.2. The molecule has 0 heterocycles. The number of nitrogens with zero attached hydrogens (tertiary/aromatic N) is 1. The van der Waals surface area contributed by atoms with Crippen molar-refractivity contribution in [1.82, 2.24) is 0 Å². The van der Waals surface area contributed by atoms with Crippen molar-refractivity contribution >= 4 is 11.4 Å². The van der Waals surface area contributed by atoms with Gasteiger partial charge in [-0.2, -0.15) is 0 Å². The minimum absolute atomic E-state index is 0.758. The second-order valence-electron chi connectivity index (χ2n) is 3.67. The zero-order chi connectivity index (χ0) is 14.1. The number of terminal acetylenes is 1. The van der Waals surface area contributed by atoms with Crippen LogP contribution in [0.3, 0.4) is 0 Å². The summed E-state index contributed by atoms with van der Waals surface area (Å²) in [4.78, 5) is 1.90. The molecule has 2 nitrogen and oxygen atoms in total. The zero-order valence-corrected chi connectivity index (χ0v) is 11.0. The Labute approximate surface area is 115 Å². The van der Waals surface area contributed by atoms with Gasteiger partial charge in [0.15, 0.2) is 0 Å². The molecule has 2 heteroatoms. The minimum Gasteiger partial charge on any atom is -0.399 e. The molecule has 1 rings (SSSR count). The van der Waals surface area contributed by atoms with Crippen LogP contribution in [0.1, 0.15) is 12.5 Å². The predicted molar refractivity (Wildman–Crippen MR) is 80.8 cm³/mol. The highest BCUT2D eigenvalue weighted by molar-refractivity contribution is 5.60. The first-order valence-corrected chi connectivity index (χ1v) is 5.79. The van der Waals surface area contributed by atoms with Crippen molar-refractivity contribution in [3.05, 3.63) is 23.8 Å². The molecule has 0 aliphatic rings. The van der Waals surface area contributed by atoms with E-state index in [0.29, 0.717) is 0 Å². The summed E-state index contributed by atoms with van der Waals surface area (Å²) in [5, 5.41) is 0. The molecule has 1 aromatic rings. The Kier molecular flexibility index (Phi) is 5.50. The minimum atomic E-state index is 0.758. The van der Waals surface area contributed by atoms with E-state index in [-0.39, 0.29) is 0 Å². The highest BCUT2D eigenvalue weighted by Gasteiger charge is 2.02. The Morgan fingerprint density at radius 2 is 1.84 bits per heavy atom. The van der Waals surface area contributed by atoms with Crippen LogP contribution in [0.4, 0.5) is 11.4 Å². The Morgan fingerprint density at radius 1 is 1.16 bits per heavy atom. The molecular weight excluding hydrogens is 232 g/mol. The molecular formula is C17H14N2. The number of benzene rings is 1. The third kappa shape index (κ3) is 4.44. The first-order chi connectivity index (χ1) is 9.19. The average molecular weight is 246 g/mol. The molecule has 0 unspecified atom stereocenters. The van der Waals surface area contributed by atoms with Crippen LogP contribution in [0.15, 0.2) is 18.2 Å². The van der Waals surface area contributed by atoms with Crippen molar-refractivity contribution in [3.63, 3.8) is 0 Å². The Balaban J connectivity index is 2.89. The smallest absolute Gasteiger partial charge is 0.0493 e. The molecule has 19 heavy (non-hydrogen) atoms. The van der Waals surface area contributed by atoms with Crippen LogP contribution in [0.2, 0.25) is 0 Å². The topological polar surface area (TPSA) is 29.3 Å². The molecule has 0 aliphatic carbocycles. The summed E-state index contributed by atoms with van der Waals surface area (Å²) >= 11 is 0. The molecule has 0 atom stereocenters. The molecule has 0 radical (unpaired) electrons. The van der Waals surface area contributed by atoms with Gasteiger partial charge in [0, 0.05) is 41.7 Å². The van der Waals surface area contributed by atoms with E-state index in [1.807, 2.05) is 36.9 Å². The Morgan fingerprint density at radius 3 is 2.47 bits per heavy atom. The van der Waals surface area contributed by atoms with Gasteiger partial charge in [-0.1, -0.05) is 0 Å². The fourth-order valence-electron chi connectivity index (χ4n) is 1.38. The van der Waals surface area contributed by atoms with Crippen molar-refractivity contribution in [2.45, 2.75) is 13.8 Å². The van der Waals surface area contributed by atoms with Crippen LogP contribution < -0.4 is 10.6 Å². The maximum atomic E-state index is 5.79. The zero-order valence-electron chi connectivity index (χ0n) is 11.0. The molecule has 0 amide bonds. The molecule has 2 N–H and O–H groups in total. The summed E-state index contributed by atoms with van der Waals surface area (Å²) in [5.74, 6) is 15.0. The number of hydrogen-bond donors (Lipinski definition) is 1. The first kappa shape index (κ1) is 14.1. The van der Waals surface area contributed by atoms with Gasteiger partial charge in [0.05, 0.1) is 0 Å². The standard InChI is InChI=1S/C17H14N2/c1-4-6-7-8-9-10-13-19(5-2)16-11-12-17(18)15(3)14-16/h1,11-12,14H,5,18H2,2-3H3. The van der Waals surface area contributed by atoms with Crippen molar-refractivity contribution in [2.24, 2.45) is 0 Å². The fourth-order valence-corrected chi connectivity index (χ4v) is 1.38. The van der Waals surface area contributed by atoms with E-state index in [0.717, 1.165) is 23.5 Å². The van der Waals surface area contributed by atoms with Crippen LogP contribution in [0, 0.1) is 54.9 Å². The molecule has 0 aliphatic heterocycles. The van der Waals surface area contributed by atoms with Crippen LogP contribution in [-0.4, -0.2) is 6.54 Å². The van der Waals surface area contributed by atoms with E-state index in [4.69, 9.17) is 12.2 Å². The largest absolute Gasteiger partial charge is 0.399 e. The number of nitrogens with two attached hydrogens (primary N) is 1. The van der Waals surface area contributed by atoms with Crippen molar-refractivity contribution in [3.8, 4) is 48.0 Å². The van der Waals surface area contributed by atoms with E-state index in [9.17, 15) is 0 Å². The summed E-state index contributed by atoms with van der Waals surface area (Å²) in [6.45, 7) is 4.75. The SMILES string of the molecule is C#CC#CC#CC#CN(CC)c1ccc(N)c(C)c1. The third-order valence-corrected chi connectivity index (χ3v) is 2.39. The maximum absolute atomic E-state index is 5.79. The van der Waals surface area contributed by atoms with Gasteiger partial charge in [-0.25, -0.2) is 0 Å². The predicted octanol–water partition coefficient (Wildman–Crippen LogP) is 2.00. The normalized spacial score (nSPS) is 7.63. The lowest BCUT2D eigenvalue weighted by molar-refractivity contribution is 1.04. The van der Waals surface area contributed by atoms with Gasteiger partial charge in [0.1, 0.15) is 0 Å². The lowest BCUT2D eigenvalue weighted by Crippen LogP contribution is -2.15. The van der Waals surface area contributed by atoms with Crippen LogP contribution in [-0.2, 0) is 0 Å². The van der Waals surface area contributed by atoms with Crippen molar-refractivity contribution < 1.29 is 0 Å². The van der Waals surface area contributed by atoms with Gasteiger partial charge in [-0.15, -0.1) is 6.42 Å². The lowest BCUT2D eigenvalue weighted by Gasteiger charge is -2.16. The maximum Gasteiger partial charge on any atom is 0.0493 e. The summed E-state index contributed by atoms with van der Waals surface area (Å²) in [7, 11) is 0. The number of nitrogen functional groups attached to an aromatic ring is 1. The van der Waals surface area contributed by atoms with Gasteiger partial charge in [0.25, 0.3) is 0 Å². The highest BCUT2D eigenvalue weighted by atomic mass is 15.1. The highest BCUT2D eigenvalue weighted by Crippen LogP contribution is 2.19. The summed E-state index contributed by atoms with van der Waals surface area (Å²) in [6, 6.07) is 8.77. The third-order valence-electron chi connectivity index (χ3n) is 2.39. The number of rotatable bonds is 2. The van der Waals surface area contributed by atoms with Crippen LogP contribution in [0.25, 0.3) is 0 Å². The second kappa shape index (κ2) is 7.40.